The molecule has 1 aromatic heterocycles. The average molecular weight is 453 g/mol. The van der Waals surface area contributed by atoms with Crippen molar-refractivity contribution in [3.63, 3.8) is 0 Å². The van der Waals surface area contributed by atoms with Gasteiger partial charge in [-0.1, -0.05) is 42.5 Å². The van der Waals surface area contributed by atoms with Gasteiger partial charge < -0.3 is 9.47 Å². The molecule has 0 atom stereocenters. The van der Waals surface area contributed by atoms with E-state index in [0.29, 0.717) is 39.7 Å². The molecule has 9 heteroatoms. The fourth-order valence-corrected chi connectivity index (χ4v) is 3.47. The summed E-state index contributed by atoms with van der Waals surface area (Å²) in [5.74, 6) is -0.0895. The van der Waals surface area contributed by atoms with Crippen molar-refractivity contribution in [3.8, 4) is 17.6 Å². The molecule has 32 heavy (non-hydrogen) atoms. The smallest absolute Gasteiger partial charge is 0.268 e. The quantitative estimate of drug-likeness (QED) is 0.394. The number of hydrogen-bond acceptors (Lipinski definition) is 7. The molecule has 0 fully saturated rings. The van der Waals surface area contributed by atoms with Crippen LogP contribution < -0.4 is 14.8 Å². The number of nitriles is 1. The molecule has 1 N–H and O–H groups in total. The Morgan fingerprint density at radius 3 is 2.78 bits per heavy atom. The third-order valence-corrected chi connectivity index (χ3v) is 5.49. The summed E-state index contributed by atoms with van der Waals surface area (Å²) >= 11 is 1.25. The molecule has 0 unspecified atom stereocenters. The molecule has 7 nitrogen and oxygen atoms in total. The predicted octanol–water partition coefficient (Wildman–Crippen LogP) is 4.68. The van der Waals surface area contributed by atoms with Crippen molar-refractivity contribution >= 4 is 28.5 Å². The summed E-state index contributed by atoms with van der Waals surface area (Å²) in [6.45, 7) is 3.66. The lowest BCUT2D eigenvalue weighted by molar-refractivity contribution is -0.112. The highest BCUT2D eigenvalue weighted by Gasteiger charge is 2.14. The van der Waals surface area contributed by atoms with Crippen molar-refractivity contribution in [3.05, 3.63) is 69.5 Å². The van der Waals surface area contributed by atoms with Crippen LogP contribution in [-0.2, 0) is 17.8 Å². The number of carbonyl (C=O) groups excluding carboxylic acids is 1. The van der Waals surface area contributed by atoms with Gasteiger partial charge in [0.25, 0.3) is 5.91 Å². The van der Waals surface area contributed by atoms with E-state index in [-0.39, 0.29) is 18.0 Å². The second-order valence-electron chi connectivity index (χ2n) is 6.73. The third kappa shape index (κ3) is 5.47. The molecule has 3 rings (SSSR count). The molecular weight excluding hydrogens is 431 g/mol. The fourth-order valence-electron chi connectivity index (χ4n) is 2.80. The second kappa shape index (κ2) is 10.5. The Bertz CT molecular complexity index is 1200. The van der Waals surface area contributed by atoms with Gasteiger partial charge >= 0.3 is 0 Å². The van der Waals surface area contributed by atoms with E-state index < -0.39 is 5.91 Å². The van der Waals surface area contributed by atoms with Gasteiger partial charge in [0.05, 0.1) is 7.11 Å². The van der Waals surface area contributed by atoms with Gasteiger partial charge in [0, 0.05) is 5.56 Å². The minimum absolute atomic E-state index is 0.0342. The first-order valence-electron chi connectivity index (χ1n) is 9.75. The van der Waals surface area contributed by atoms with E-state index in [0.717, 1.165) is 5.01 Å². The summed E-state index contributed by atoms with van der Waals surface area (Å²) in [6, 6.07) is 12.0. The van der Waals surface area contributed by atoms with E-state index >= 15 is 0 Å². The Labute approximate surface area is 189 Å². The van der Waals surface area contributed by atoms with Crippen LogP contribution in [0.2, 0.25) is 0 Å². The first-order chi connectivity index (χ1) is 15.4. The lowest BCUT2D eigenvalue weighted by Gasteiger charge is -2.12. The molecule has 164 valence electrons. The van der Waals surface area contributed by atoms with Crippen molar-refractivity contribution in [2.45, 2.75) is 26.9 Å². The maximum Gasteiger partial charge on any atom is 0.268 e. The van der Waals surface area contributed by atoms with E-state index in [1.807, 2.05) is 13.0 Å². The minimum atomic E-state index is -0.583. The van der Waals surface area contributed by atoms with E-state index in [4.69, 9.17) is 9.47 Å². The predicted molar refractivity (Wildman–Crippen MR) is 120 cm³/mol. The molecule has 0 aliphatic carbocycles. The van der Waals surface area contributed by atoms with Crippen LogP contribution >= 0.6 is 11.3 Å². The summed E-state index contributed by atoms with van der Waals surface area (Å²) in [4.78, 5) is 12.4. The highest BCUT2D eigenvalue weighted by molar-refractivity contribution is 7.15. The van der Waals surface area contributed by atoms with Gasteiger partial charge in [0.15, 0.2) is 11.5 Å². The Morgan fingerprint density at radius 1 is 1.28 bits per heavy atom. The summed E-state index contributed by atoms with van der Waals surface area (Å²) in [6.07, 6.45) is 2.14. The Kier molecular flexibility index (Phi) is 7.52. The number of anilines is 1. The molecule has 0 aliphatic rings. The number of halogens is 1. The SMILES string of the molecule is CCc1nnc(NC(=O)/C(C#N)=C/c2ccc(OCc3cccc(C)c3F)c(OC)c2)s1. The number of aryl methyl sites for hydroxylation is 2. The molecule has 1 amide bonds. The van der Waals surface area contributed by atoms with Crippen LogP contribution in [0, 0.1) is 24.1 Å². The van der Waals surface area contributed by atoms with Crippen LogP contribution in [0.4, 0.5) is 9.52 Å². The van der Waals surface area contributed by atoms with Gasteiger partial charge in [0.1, 0.15) is 29.1 Å². The normalized spacial score (nSPS) is 11.0. The number of amides is 1. The van der Waals surface area contributed by atoms with Gasteiger partial charge in [0.2, 0.25) is 5.13 Å². The molecule has 0 radical (unpaired) electrons. The zero-order valence-corrected chi connectivity index (χ0v) is 18.6. The van der Waals surface area contributed by atoms with Gasteiger partial charge in [-0.25, -0.2) is 4.39 Å². The minimum Gasteiger partial charge on any atom is -0.493 e. The first-order valence-corrected chi connectivity index (χ1v) is 10.6. The lowest BCUT2D eigenvalue weighted by atomic mass is 10.1. The van der Waals surface area contributed by atoms with Crippen molar-refractivity contribution < 1.29 is 18.7 Å². The van der Waals surface area contributed by atoms with Crippen molar-refractivity contribution in [1.29, 1.82) is 5.26 Å². The van der Waals surface area contributed by atoms with Gasteiger partial charge in [-0.15, -0.1) is 10.2 Å². The van der Waals surface area contributed by atoms with E-state index in [1.54, 1.807) is 43.3 Å². The molecule has 1 heterocycles. The molecular formula is C23H21FN4O3S. The van der Waals surface area contributed by atoms with E-state index in [2.05, 4.69) is 15.5 Å². The lowest BCUT2D eigenvalue weighted by Crippen LogP contribution is -2.13. The fraction of sp³-hybridized carbons (Fsp3) is 0.217. The second-order valence-corrected chi connectivity index (χ2v) is 7.79. The number of aromatic nitrogens is 2. The Morgan fingerprint density at radius 2 is 2.09 bits per heavy atom. The first kappa shape index (κ1) is 22.9. The summed E-state index contributed by atoms with van der Waals surface area (Å²) in [5.41, 5.74) is 1.44. The van der Waals surface area contributed by atoms with Crippen molar-refractivity contribution in [2.24, 2.45) is 0 Å². The van der Waals surface area contributed by atoms with Crippen LogP contribution in [0.15, 0.2) is 42.0 Å². The average Bonchev–Trinajstić information content (AvgIpc) is 3.26. The number of ether oxygens (including phenoxy) is 2. The van der Waals surface area contributed by atoms with Crippen LogP contribution in [0.5, 0.6) is 11.5 Å². The monoisotopic (exact) mass is 452 g/mol. The van der Waals surface area contributed by atoms with Gasteiger partial charge in [-0.05, 0) is 42.7 Å². The summed E-state index contributed by atoms with van der Waals surface area (Å²) in [5, 5.41) is 20.9. The maximum atomic E-state index is 14.2. The van der Waals surface area contributed by atoms with Crippen LogP contribution in [0.1, 0.15) is 28.6 Å². The van der Waals surface area contributed by atoms with Crippen LogP contribution in [0.3, 0.4) is 0 Å². The van der Waals surface area contributed by atoms with Gasteiger partial charge in [-0.2, -0.15) is 5.26 Å². The molecule has 0 saturated heterocycles. The molecule has 3 aromatic rings. The summed E-state index contributed by atoms with van der Waals surface area (Å²) in [7, 11) is 1.47. The van der Waals surface area contributed by atoms with Crippen LogP contribution in [-0.4, -0.2) is 23.2 Å². The Balaban J connectivity index is 1.75. The third-order valence-electron chi connectivity index (χ3n) is 4.51. The molecule has 0 bridgehead atoms. The standard InChI is InChI=1S/C23H21FN4O3S/c1-4-20-27-28-23(32-20)26-22(29)17(12-25)10-15-8-9-18(19(11-15)30-3)31-13-16-7-5-6-14(2)21(16)24/h5-11H,4,13H2,1-3H3,(H,26,28,29)/b17-10+. The highest BCUT2D eigenvalue weighted by Crippen LogP contribution is 2.30. The number of nitrogens with one attached hydrogen (secondary N) is 1. The molecule has 2 aromatic carbocycles. The van der Waals surface area contributed by atoms with Crippen molar-refractivity contribution in [2.75, 3.05) is 12.4 Å². The molecule has 0 spiro atoms. The summed E-state index contributed by atoms with van der Waals surface area (Å²) < 4.78 is 25.3. The van der Waals surface area contributed by atoms with Crippen molar-refractivity contribution in [1.82, 2.24) is 10.2 Å². The maximum absolute atomic E-state index is 14.2. The Hall–Kier alpha value is -3.77. The number of carbonyl (C=O) groups is 1. The van der Waals surface area contributed by atoms with E-state index in [9.17, 15) is 14.4 Å². The topological polar surface area (TPSA) is 97.1 Å². The zero-order valence-electron chi connectivity index (χ0n) is 17.8. The number of nitrogens with zero attached hydrogens (tertiary/aromatic N) is 3. The molecule has 0 saturated carbocycles. The number of rotatable bonds is 8. The highest BCUT2D eigenvalue weighted by atomic mass is 32.1. The van der Waals surface area contributed by atoms with Crippen LogP contribution in [0.25, 0.3) is 6.08 Å². The molecule has 0 aliphatic heterocycles. The largest absolute Gasteiger partial charge is 0.493 e. The van der Waals surface area contributed by atoms with E-state index in [1.165, 1.54) is 24.5 Å². The zero-order chi connectivity index (χ0) is 23.1. The number of hydrogen-bond donors (Lipinski definition) is 1. The van der Waals surface area contributed by atoms with Gasteiger partial charge in [-0.3, -0.25) is 10.1 Å². The number of benzene rings is 2. The number of methoxy groups -OCH3 is 1.